The molecule has 170 valence electrons. The van der Waals surface area contributed by atoms with Crippen molar-refractivity contribution in [2.45, 2.75) is 32.9 Å². The first kappa shape index (κ1) is 24.6. The third-order valence-corrected chi connectivity index (χ3v) is 4.72. The van der Waals surface area contributed by atoms with Crippen LogP contribution in [0.5, 0.6) is 0 Å². The second-order valence-electron chi connectivity index (χ2n) is 7.34. The molecule has 2 aromatic carbocycles. The third-order valence-electron chi connectivity index (χ3n) is 4.72. The average molecular weight is 440 g/mol. The lowest BCUT2D eigenvalue weighted by Gasteiger charge is -2.13. The van der Waals surface area contributed by atoms with E-state index in [4.69, 9.17) is 24.5 Å². The first-order chi connectivity index (χ1) is 15.3. The van der Waals surface area contributed by atoms with Crippen LogP contribution in [0.3, 0.4) is 0 Å². The molecule has 0 saturated carbocycles. The van der Waals surface area contributed by atoms with Crippen molar-refractivity contribution in [2.75, 3.05) is 19.0 Å². The smallest absolute Gasteiger partial charge is 0.414 e. The molecule has 0 saturated heterocycles. The minimum absolute atomic E-state index is 0.554. The predicted octanol–water partition coefficient (Wildman–Crippen LogP) is 4.09. The van der Waals surface area contributed by atoms with Gasteiger partial charge in [0.1, 0.15) is 0 Å². The molecular weight excluding hydrogens is 410 g/mol. The number of benzene rings is 2. The summed E-state index contributed by atoms with van der Waals surface area (Å²) in [6, 6.07) is 19.1. The Morgan fingerprint density at radius 1 is 1.03 bits per heavy atom. The van der Waals surface area contributed by atoms with Gasteiger partial charge in [-0.25, -0.2) is 14.6 Å². The number of hydrogen-bond donors (Lipinski definition) is 3. The van der Waals surface area contributed by atoms with E-state index in [0.717, 1.165) is 30.3 Å². The van der Waals surface area contributed by atoms with Crippen molar-refractivity contribution in [3.05, 3.63) is 71.9 Å². The number of aliphatic carboxylic acids is 2. The Hall–Kier alpha value is -3.65. The zero-order chi connectivity index (χ0) is 23.5. The second-order valence-corrected chi connectivity index (χ2v) is 7.34. The van der Waals surface area contributed by atoms with E-state index in [9.17, 15) is 0 Å². The summed E-state index contributed by atoms with van der Waals surface area (Å²) in [5.74, 6) is -2.22. The van der Waals surface area contributed by atoms with Gasteiger partial charge >= 0.3 is 11.9 Å². The minimum Gasteiger partial charge on any atom is -0.473 e. The summed E-state index contributed by atoms with van der Waals surface area (Å²) in [5, 5.41) is 18.3. The Morgan fingerprint density at radius 2 is 1.66 bits per heavy atom. The predicted molar refractivity (Wildman–Crippen MR) is 123 cm³/mol. The first-order valence-corrected chi connectivity index (χ1v) is 10.2. The molecule has 0 aliphatic rings. The number of anilines is 1. The van der Waals surface area contributed by atoms with E-state index in [2.05, 4.69) is 65.1 Å². The van der Waals surface area contributed by atoms with Crippen LogP contribution in [-0.4, -0.2) is 45.4 Å². The zero-order valence-corrected chi connectivity index (χ0v) is 18.5. The van der Waals surface area contributed by atoms with Crippen molar-refractivity contribution in [1.29, 1.82) is 0 Å². The van der Waals surface area contributed by atoms with Crippen molar-refractivity contribution in [3.63, 3.8) is 0 Å². The molecule has 1 aromatic heterocycles. The zero-order valence-electron chi connectivity index (χ0n) is 18.5. The second kappa shape index (κ2) is 12.3. The van der Waals surface area contributed by atoms with E-state index in [-0.39, 0.29) is 0 Å². The SMILES string of the molecule is COCCn1c(-c2ccccc2)cnc1NCc1ccc(C(C)C)cc1.O=C(O)C(=O)O. The lowest BCUT2D eigenvalue weighted by Crippen LogP contribution is -2.11. The molecule has 0 amide bonds. The number of methoxy groups -OCH3 is 1. The van der Waals surface area contributed by atoms with Gasteiger partial charge in [-0.15, -0.1) is 0 Å². The summed E-state index contributed by atoms with van der Waals surface area (Å²) >= 11 is 0. The fourth-order valence-corrected chi connectivity index (χ4v) is 2.97. The first-order valence-electron chi connectivity index (χ1n) is 10.2. The number of rotatable bonds is 8. The molecule has 0 radical (unpaired) electrons. The van der Waals surface area contributed by atoms with E-state index >= 15 is 0 Å². The highest BCUT2D eigenvalue weighted by Crippen LogP contribution is 2.23. The Morgan fingerprint density at radius 3 is 2.19 bits per heavy atom. The molecule has 0 aliphatic carbocycles. The summed E-state index contributed by atoms with van der Waals surface area (Å²) in [6.45, 7) is 6.58. The highest BCUT2D eigenvalue weighted by atomic mass is 16.5. The lowest BCUT2D eigenvalue weighted by atomic mass is 10.0. The molecule has 3 rings (SSSR count). The van der Waals surface area contributed by atoms with E-state index in [1.807, 2.05) is 24.4 Å². The maximum absolute atomic E-state index is 9.10. The maximum atomic E-state index is 9.10. The number of aromatic nitrogens is 2. The monoisotopic (exact) mass is 439 g/mol. The lowest BCUT2D eigenvalue weighted by molar-refractivity contribution is -0.159. The van der Waals surface area contributed by atoms with Crippen molar-refractivity contribution < 1.29 is 24.5 Å². The van der Waals surface area contributed by atoms with E-state index < -0.39 is 11.9 Å². The van der Waals surface area contributed by atoms with Crippen molar-refractivity contribution >= 4 is 17.9 Å². The van der Waals surface area contributed by atoms with Gasteiger partial charge in [0.05, 0.1) is 18.5 Å². The van der Waals surface area contributed by atoms with Crippen LogP contribution in [0.1, 0.15) is 30.9 Å². The van der Waals surface area contributed by atoms with E-state index in [0.29, 0.717) is 12.5 Å². The summed E-state index contributed by atoms with van der Waals surface area (Å²) in [4.78, 5) is 22.8. The van der Waals surface area contributed by atoms with Crippen LogP contribution in [0.2, 0.25) is 0 Å². The average Bonchev–Trinajstić information content (AvgIpc) is 3.20. The third kappa shape index (κ3) is 7.24. The van der Waals surface area contributed by atoms with Gasteiger partial charge in [-0.1, -0.05) is 68.4 Å². The Kier molecular flexibility index (Phi) is 9.43. The summed E-state index contributed by atoms with van der Waals surface area (Å²) in [6.07, 6.45) is 1.93. The Labute approximate surface area is 187 Å². The number of carboxylic acid groups (broad SMARTS) is 2. The highest BCUT2D eigenvalue weighted by molar-refractivity contribution is 6.27. The molecule has 0 unspecified atom stereocenters. The number of hydrogen-bond acceptors (Lipinski definition) is 5. The van der Waals surface area contributed by atoms with E-state index in [1.54, 1.807) is 7.11 Å². The van der Waals surface area contributed by atoms with Crippen LogP contribution in [0.4, 0.5) is 5.95 Å². The summed E-state index contributed by atoms with van der Waals surface area (Å²) in [5.41, 5.74) is 4.87. The van der Waals surface area contributed by atoms with Gasteiger partial charge in [-0.2, -0.15) is 0 Å². The van der Waals surface area contributed by atoms with Gasteiger partial charge < -0.3 is 24.8 Å². The van der Waals surface area contributed by atoms with Crippen LogP contribution in [0.15, 0.2) is 60.8 Å². The molecule has 0 spiro atoms. The summed E-state index contributed by atoms with van der Waals surface area (Å²) in [7, 11) is 1.72. The molecule has 3 N–H and O–H groups in total. The minimum atomic E-state index is -1.82. The maximum Gasteiger partial charge on any atom is 0.414 e. The molecule has 0 aliphatic heterocycles. The van der Waals surface area contributed by atoms with Crippen LogP contribution in [0.25, 0.3) is 11.3 Å². The topological polar surface area (TPSA) is 114 Å². The molecule has 3 aromatic rings. The van der Waals surface area contributed by atoms with Gasteiger partial charge in [0, 0.05) is 20.2 Å². The number of nitrogens with one attached hydrogen (secondary N) is 1. The van der Waals surface area contributed by atoms with Gasteiger partial charge in [0.25, 0.3) is 0 Å². The van der Waals surface area contributed by atoms with Crippen LogP contribution >= 0.6 is 0 Å². The Balaban J connectivity index is 0.000000534. The fraction of sp³-hybridized carbons (Fsp3) is 0.292. The standard InChI is InChI=1S/C22H27N3O.C2H2O4/c1-17(2)19-11-9-18(10-12-19)15-23-22-24-16-21(25(22)13-14-26-3)20-7-5-4-6-8-20;3-1(4)2(5)6/h4-12,16-17H,13-15H2,1-3H3,(H,23,24);(H,3,4)(H,5,6). The number of carbonyl (C=O) groups is 2. The van der Waals surface area contributed by atoms with Crippen molar-refractivity contribution in [1.82, 2.24) is 9.55 Å². The van der Waals surface area contributed by atoms with Crippen LogP contribution in [0, 0.1) is 0 Å². The molecule has 0 bridgehead atoms. The quantitative estimate of drug-likeness (QED) is 0.453. The molecule has 0 fully saturated rings. The fourth-order valence-electron chi connectivity index (χ4n) is 2.97. The Bertz CT molecular complexity index is 986. The van der Waals surface area contributed by atoms with Gasteiger partial charge in [0.15, 0.2) is 0 Å². The van der Waals surface area contributed by atoms with Gasteiger partial charge in [-0.05, 0) is 22.6 Å². The number of imidazole rings is 1. The summed E-state index contributed by atoms with van der Waals surface area (Å²) < 4.78 is 7.46. The molecule has 0 atom stereocenters. The van der Waals surface area contributed by atoms with Gasteiger partial charge in [0.2, 0.25) is 5.95 Å². The largest absolute Gasteiger partial charge is 0.473 e. The van der Waals surface area contributed by atoms with Crippen LogP contribution in [-0.2, 0) is 27.4 Å². The number of nitrogens with zero attached hydrogens (tertiary/aromatic N) is 2. The molecular formula is C24H29N3O5. The van der Waals surface area contributed by atoms with Crippen LogP contribution < -0.4 is 5.32 Å². The van der Waals surface area contributed by atoms with Gasteiger partial charge in [-0.3, -0.25) is 0 Å². The molecule has 8 nitrogen and oxygen atoms in total. The molecule has 32 heavy (non-hydrogen) atoms. The normalized spacial score (nSPS) is 10.4. The van der Waals surface area contributed by atoms with Crippen molar-refractivity contribution in [2.24, 2.45) is 0 Å². The highest BCUT2D eigenvalue weighted by Gasteiger charge is 2.11. The van der Waals surface area contributed by atoms with Crippen molar-refractivity contribution in [3.8, 4) is 11.3 Å². The number of carboxylic acids is 2. The molecule has 8 heteroatoms. The number of ether oxygens (including phenoxy) is 1. The van der Waals surface area contributed by atoms with E-state index in [1.165, 1.54) is 11.1 Å². The molecule has 1 heterocycles.